The van der Waals surface area contributed by atoms with Gasteiger partial charge >= 0.3 is 0 Å². The lowest BCUT2D eigenvalue weighted by Gasteiger charge is -2.19. The van der Waals surface area contributed by atoms with Crippen LogP contribution < -0.4 is 10.6 Å². The number of para-hydroxylation sites is 1. The first-order valence-corrected chi connectivity index (χ1v) is 9.75. The third-order valence-electron chi connectivity index (χ3n) is 4.80. The molecule has 6 heteroatoms. The second kappa shape index (κ2) is 7.91. The van der Waals surface area contributed by atoms with Gasteiger partial charge in [0.05, 0.1) is 16.8 Å². The number of carbonyl (C=O) groups is 1. The molecule has 0 unspecified atom stereocenters. The molecule has 0 atom stereocenters. The van der Waals surface area contributed by atoms with Crippen LogP contribution in [0.5, 0.6) is 0 Å². The lowest BCUT2D eigenvalue weighted by atomic mass is 9.87. The topological polar surface area (TPSA) is 79.8 Å². The average Bonchev–Trinajstić information content (AvgIpc) is 2.74. The Kier molecular flexibility index (Phi) is 5.14. The van der Waals surface area contributed by atoms with Gasteiger partial charge in [-0.15, -0.1) is 0 Å². The van der Waals surface area contributed by atoms with Crippen molar-refractivity contribution in [1.29, 1.82) is 0 Å². The van der Waals surface area contributed by atoms with Crippen LogP contribution in [0.2, 0.25) is 0 Å². The highest BCUT2D eigenvalue weighted by molar-refractivity contribution is 6.04. The van der Waals surface area contributed by atoms with Crippen LogP contribution in [0.4, 0.5) is 17.3 Å². The molecule has 2 heterocycles. The molecule has 0 aliphatic rings. The average molecular weight is 397 g/mol. The Morgan fingerprint density at radius 3 is 2.27 bits per heavy atom. The molecular weight excluding hydrogens is 374 g/mol. The molecule has 0 radical (unpaired) electrons. The van der Waals surface area contributed by atoms with E-state index >= 15 is 0 Å². The van der Waals surface area contributed by atoms with Crippen molar-refractivity contribution in [2.24, 2.45) is 0 Å². The molecule has 6 nitrogen and oxygen atoms in total. The molecule has 0 saturated heterocycles. The summed E-state index contributed by atoms with van der Waals surface area (Å²) >= 11 is 0. The minimum Gasteiger partial charge on any atom is -0.322 e. The first-order valence-electron chi connectivity index (χ1n) is 9.75. The summed E-state index contributed by atoms with van der Waals surface area (Å²) in [7, 11) is 0. The van der Waals surface area contributed by atoms with Crippen LogP contribution in [-0.4, -0.2) is 20.9 Å². The third-order valence-corrected chi connectivity index (χ3v) is 4.80. The summed E-state index contributed by atoms with van der Waals surface area (Å²) in [6.07, 6.45) is 4.76. The lowest BCUT2D eigenvalue weighted by molar-refractivity contribution is 0.102. The van der Waals surface area contributed by atoms with Crippen molar-refractivity contribution < 1.29 is 4.79 Å². The number of fused-ring (bicyclic) bond motifs is 1. The Bertz CT molecular complexity index is 1170. The predicted octanol–water partition coefficient (Wildman–Crippen LogP) is 5.32. The Hall–Kier alpha value is -3.80. The van der Waals surface area contributed by atoms with Gasteiger partial charge in [-0.3, -0.25) is 9.78 Å². The van der Waals surface area contributed by atoms with Crippen LogP contribution in [-0.2, 0) is 5.41 Å². The number of benzene rings is 2. The molecule has 2 N–H and O–H groups in total. The minimum absolute atomic E-state index is 0.0683. The van der Waals surface area contributed by atoms with Crippen LogP contribution >= 0.6 is 0 Å². The van der Waals surface area contributed by atoms with E-state index in [0.717, 1.165) is 22.3 Å². The largest absolute Gasteiger partial charge is 0.322 e. The van der Waals surface area contributed by atoms with E-state index in [1.54, 1.807) is 6.20 Å². The summed E-state index contributed by atoms with van der Waals surface area (Å²) in [6, 6.07) is 17.6. The maximum atomic E-state index is 12.5. The molecule has 2 aromatic heterocycles. The van der Waals surface area contributed by atoms with Crippen molar-refractivity contribution in [1.82, 2.24) is 15.0 Å². The van der Waals surface area contributed by atoms with Crippen LogP contribution in [0.3, 0.4) is 0 Å². The van der Waals surface area contributed by atoms with Gasteiger partial charge in [-0.25, -0.2) is 9.97 Å². The number of aromatic nitrogens is 3. The molecule has 0 aliphatic carbocycles. The fourth-order valence-electron chi connectivity index (χ4n) is 3.09. The van der Waals surface area contributed by atoms with Gasteiger partial charge in [-0.05, 0) is 35.2 Å². The van der Waals surface area contributed by atoms with E-state index in [0.29, 0.717) is 11.5 Å². The summed E-state index contributed by atoms with van der Waals surface area (Å²) in [5.41, 5.74) is 4.04. The number of anilines is 3. The monoisotopic (exact) mass is 397 g/mol. The minimum atomic E-state index is -0.253. The van der Waals surface area contributed by atoms with E-state index in [9.17, 15) is 4.79 Å². The summed E-state index contributed by atoms with van der Waals surface area (Å²) < 4.78 is 0. The molecule has 150 valence electrons. The predicted molar refractivity (Wildman–Crippen MR) is 120 cm³/mol. The van der Waals surface area contributed by atoms with E-state index < -0.39 is 0 Å². The zero-order valence-electron chi connectivity index (χ0n) is 17.2. The van der Waals surface area contributed by atoms with Crippen molar-refractivity contribution >= 4 is 34.1 Å². The number of nitrogens with zero attached hydrogens (tertiary/aromatic N) is 3. The van der Waals surface area contributed by atoms with Crippen molar-refractivity contribution in [3.8, 4) is 0 Å². The lowest BCUT2D eigenvalue weighted by Crippen LogP contribution is -2.14. The zero-order valence-corrected chi connectivity index (χ0v) is 17.2. The van der Waals surface area contributed by atoms with Crippen LogP contribution in [0.25, 0.3) is 10.9 Å². The van der Waals surface area contributed by atoms with E-state index in [1.807, 2.05) is 54.6 Å². The molecule has 0 fully saturated rings. The molecule has 0 bridgehead atoms. The van der Waals surface area contributed by atoms with E-state index in [-0.39, 0.29) is 11.3 Å². The number of hydrogen-bond donors (Lipinski definition) is 2. The number of rotatable bonds is 4. The summed E-state index contributed by atoms with van der Waals surface area (Å²) in [5, 5.41) is 7.07. The maximum Gasteiger partial charge on any atom is 0.258 e. The number of hydrogen-bond acceptors (Lipinski definition) is 5. The molecule has 0 spiro atoms. The third kappa shape index (κ3) is 4.27. The summed E-state index contributed by atoms with van der Waals surface area (Å²) in [5.74, 6) is 0.149. The van der Waals surface area contributed by atoms with Gasteiger partial charge in [-0.2, -0.15) is 0 Å². The number of amides is 1. The van der Waals surface area contributed by atoms with Crippen LogP contribution in [0.1, 0.15) is 36.7 Å². The van der Waals surface area contributed by atoms with Gasteiger partial charge in [0.2, 0.25) is 5.95 Å². The summed E-state index contributed by atoms with van der Waals surface area (Å²) in [4.78, 5) is 25.5. The number of pyridine rings is 1. The van der Waals surface area contributed by atoms with Gasteiger partial charge in [0.15, 0.2) is 0 Å². The Balaban J connectivity index is 1.46. The fraction of sp³-hybridized carbons (Fsp3) is 0.167. The Morgan fingerprint density at radius 2 is 1.57 bits per heavy atom. The van der Waals surface area contributed by atoms with Crippen molar-refractivity contribution in [2.45, 2.75) is 26.2 Å². The molecule has 4 rings (SSSR count). The van der Waals surface area contributed by atoms with E-state index in [4.69, 9.17) is 0 Å². The van der Waals surface area contributed by atoms with Crippen molar-refractivity contribution in [2.75, 3.05) is 10.6 Å². The zero-order chi connectivity index (χ0) is 21.1. The van der Waals surface area contributed by atoms with E-state index in [1.165, 1.54) is 18.0 Å². The van der Waals surface area contributed by atoms with Crippen molar-refractivity contribution in [3.63, 3.8) is 0 Å². The first kappa shape index (κ1) is 19.5. The van der Waals surface area contributed by atoms with Gasteiger partial charge in [-0.1, -0.05) is 51.1 Å². The Labute approximate surface area is 175 Å². The number of nitrogens with one attached hydrogen (secondary N) is 2. The molecule has 0 aliphatic heterocycles. The highest BCUT2D eigenvalue weighted by Gasteiger charge is 2.14. The maximum absolute atomic E-state index is 12.5. The first-order chi connectivity index (χ1) is 14.4. The SMILES string of the molecule is CC(C)(C)c1ccc(NC(=O)c2cnc(Nc3cccc4cccnc34)nc2)cc1. The molecule has 0 saturated carbocycles. The standard InChI is InChI=1S/C24H23N5O/c1-24(2,3)18-9-11-19(12-10-18)28-22(30)17-14-26-23(27-15-17)29-20-8-4-6-16-7-5-13-25-21(16)20/h4-15H,1-3H3,(H,28,30)(H,26,27,29). The molecule has 4 aromatic rings. The second-order valence-electron chi connectivity index (χ2n) is 8.08. The van der Waals surface area contributed by atoms with Crippen LogP contribution in [0, 0.1) is 0 Å². The second-order valence-corrected chi connectivity index (χ2v) is 8.08. The summed E-state index contributed by atoms with van der Waals surface area (Å²) in [6.45, 7) is 6.46. The van der Waals surface area contributed by atoms with Crippen LogP contribution in [0.15, 0.2) is 73.2 Å². The molecular formula is C24H23N5O. The van der Waals surface area contributed by atoms with Gasteiger partial charge in [0.25, 0.3) is 5.91 Å². The Morgan fingerprint density at radius 1 is 0.867 bits per heavy atom. The van der Waals surface area contributed by atoms with Crippen molar-refractivity contribution in [3.05, 3.63) is 84.3 Å². The quantitative estimate of drug-likeness (QED) is 0.487. The van der Waals surface area contributed by atoms with E-state index in [2.05, 4.69) is 46.4 Å². The van der Waals surface area contributed by atoms with Gasteiger partial charge in [0, 0.05) is 29.7 Å². The number of carbonyl (C=O) groups excluding carboxylic acids is 1. The molecule has 1 amide bonds. The highest BCUT2D eigenvalue weighted by atomic mass is 16.1. The van der Waals surface area contributed by atoms with Gasteiger partial charge < -0.3 is 10.6 Å². The smallest absolute Gasteiger partial charge is 0.258 e. The normalized spacial score (nSPS) is 11.3. The van der Waals surface area contributed by atoms with Gasteiger partial charge in [0.1, 0.15) is 0 Å². The fourth-order valence-corrected chi connectivity index (χ4v) is 3.09. The highest BCUT2D eigenvalue weighted by Crippen LogP contribution is 2.24. The molecule has 2 aromatic carbocycles. The molecule has 30 heavy (non-hydrogen) atoms.